The lowest BCUT2D eigenvalue weighted by Gasteiger charge is -2.16. The number of benzene rings is 2. The maximum absolute atomic E-state index is 13.5. The van der Waals surface area contributed by atoms with Crippen LogP contribution in [0.3, 0.4) is 0 Å². The predicted octanol–water partition coefficient (Wildman–Crippen LogP) is 3.24. The summed E-state index contributed by atoms with van der Waals surface area (Å²) in [5, 5.41) is 4.81. The van der Waals surface area contributed by atoms with Crippen LogP contribution in [0.25, 0.3) is 5.69 Å². The van der Waals surface area contributed by atoms with Gasteiger partial charge in [-0.3, -0.25) is 4.79 Å². The van der Waals surface area contributed by atoms with E-state index in [0.717, 1.165) is 36.1 Å². The Bertz CT molecular complexity index is 1060. The first-order valence-corrected chi connectivity index (χ1v) is 10.4. The fourth-order valence-corrected chi connectivity index (χ4v) is 4.81. The SMILES string of the molecule is Cc1ccccc1-n1nc(C(=O)N2C[C@@H](N)[C@H](c3ccccc3)C2)c2c1CCC2. The summed E-state index contributed by atoms with van der Waals surface area (Å²) in [6.07, 6.45) is 2.96. The standard InChI is InChI=1S/C24H26N4O/c1-16-8-5-6-12-21(16)28-22-13-7-11-18(22)23(26-28)24(29)27-14-19(20(25)15-27)17-9-3-2-4-10-17/h2-6,8-10,12,19-20H,7,11,13-15,25H2,1H3/t19-,20+/m0/s1. The average Bonchev–Trinajstić information content (AvgIpc) is 3.44. The molecule has 1 saturated heterocycles. The van der Waals surface area contributed by atoms with Gasteiger partial charge in [-0.05, 0) is 43.4 Å². The third-order valence-corrected chi connectivity index (χ3v) is 6.36. The number of hydrogen-bond donors (Lipinski definition) is 1. The van der Waals surface area contributed by atoms with Gasteiger partial charge in [0, 0.05) is 36.3 Å². The molecule has 0 spiro atoms. The Morgan fingerprint density at radius 2 is 1.79 bits per heavy atom. The molecule has 1 amide bonds. The van der Waals surface area contributed by atoms with Crippen LogP contribution in [-0.2, 0) is 12.8 Å². The van der Waals surface area contributed by atoms with E-state index in [1.165, 1.54) is 11.3 Å². The molecule has 148 valence electrons. The molecule has 5 heteroatoms. The monoisotopic (exact) mass is 386 g/mol. The summed E-state index contributed by atoms with van der Waals surface area (Å²) in [6, 6.07) is 18.4. The van der Waals surface area contributed by atoms with Crippen molar-refractivity contribution >= 4 is 5.91 Å². The number of amides is 1. The molecular formula is C24H26N4O. The van der Waals surface area contributed by atoms with E-state index in [-0.39, 0.29) is 17.9 Å². The Hall–Kier alpha value is -2.92. The number of carbonyl (C=O) groups is 1. The van der Waals surface area contributed by atoms with Gasteiger partial charge in [0.15, 0.2) is 5.69 Å². The van der Waals surface area contributed by atoms with Gasteiger partial charge < -0.3 is 10.6 Å². The molecule has 1 aliphatic carbocycles. The lowest BCUT2D eigenvalue weighted by Crippen LogP contribution is -2.32. The molecule has 2 aromatic carbocycles. The highest BCUT2D eigenvalue weighted by Crippen LogP contribution is 2.32. The molecule has 29 heavy (non-hydrogen) atoms. The number of hydrogen-bond acceptors (Lipinski definition) is 3. The maximum atomic E-state index is 13.5. The molecular weight excluding hydrogens is 360 g/mol. The molecule has 1 aliphatic heterocycles. The smallest absolute Gasteiger partial charge is 0.274 e. The lowest BCUT2D eigenvalue weighted by molar-refractivity contribution is 0.0782. The number of rotatable bonds is 3. The molecule has 2 heterocycles. The third-order valence-electron chi connectivity index (χ3n) is 6.36. The molecule has 5 nitrogen and oxygen atoms in total. The highest BCUT2D eigenvalue weighted by Gasteiger charge is 2.37. The van der Waals surface area contributed by atoms with Gasteiger partial charge in [-0.25, -0.2) is 4.68 Å². The fourth-order valence-electron chi connectivity index (χ4n) is 4.81. The molecule has 0 unspecified atom stereocenters. The molecule has 5 rings (SSSR count). The van der Waals surface area contributed by atoms with Crippen LogP contribution in [0.5, 0.6) is 0 Å². The second-order valence-electron chi connectivity index (χ2n) is 8.22. The van der Waals surface area contributed by atoms with Crippen molar-refractivity contribution in [3.8, 4) is 5.69 Å². The topological polar surface area (TPSA) is 64.2 Å². The zero-order valence-corrected chi connectivity index (χ0v) is 16.7. The van der Waals surface area contributed by atoms with E-state index in [2.05, 4.69) is 31.2 Å². The van der Waals surface area contributed by atoms with Crippen LogP contribution >= 0.6 is 0 Å². The van der Waals surface area contributed by atoms with E-state index in [0.29, 0.717) is 18.8 Å². The van der Waals surface area contributed by atoms with E-state index in [4.69, 9.17) is 10.8 Å². The van der Waals surface area contributed by atoms with Crippen molar-refractivity contribution < 1.29 is 4.79 Å². The van der Waals surface area contributed by atoms with Crippen LogP contribution in [0.1, 0.15) is 45.2 Å². The minimum atomic E-state index is -0.0483. The second kappa shape index (κ2) is 7.16. The van der Waals surface area contributed by atoms with Crippen molar-refractivity contribution in [3.05, 3.63) is 82.7 Å². The minimum Gasteiger partial charge on any atom is -0.335 e. The lowest BCUT2D eigenvalue weighted by atomic mass is 9.95. The van der Waals surface area contributed by atoms with Gasteiger partial charge in [0.05, 0.1) is 5.69 Å². The van der Waals surface area contributed by atoms with Crippen LogP contribution in [0.15, 0.2) is 54.6 Å². The van der Waals surface area contributed by atoms with E-state index in [1.54, 1.807) is 0 Å². The number of likely N-dealkylation sites (tertiary alicyclic amines) is 1. The second-order valence-corrected chi connectivity index (χ2v) is 8.22. The number of fused-ring (bicyclic) bond motifs is 1. The number of aromatic nitrogens is 2. The predicted molar refractivity (Wildman–Crippen MR) is 113 cm³/mol. The zero-order chi connectivity index (χ0) is 20.0. The Labute approximate surface area is 171 Å². The summed E-state index contributed by atoms with van der Waals surface area (Å²) in [5.41, 5.74) is 12.8. The summed E-state index contributed by atoms with van der Waals surface area (Å²) in [7, 11) is 0. The summed E-state index contributed by atoms with van der Waals surface area (Å²) >= 11 is 0. The molecule has 2 atom stereocenters. The molecule has 3 aromatic rings. The number of para-hydroxylation sites is 1. The van der Waals surface area contributed by atoms with Crippen molar-refractivity contribution in [1.82, 2.24) is 14.7 Å². The number of nitrogens with zero attached hydrogens (tertiary/aromatic N) is 3. The van der Waals surface area contributed by atoms with E-state index < -0.39 is 0 Å². The molecule has 0 radical (unpaired) electrons. The van der Waals surface area contributed by atoms with E-state index in [9.17, 15) is 4.79 Å². The van der Waals surface area contributed by atoms with Gasteiger partial charge in [0.25, 0.3) is 5.91 Å². The zero-order valence-electron chi connectivity index (χ0n) is 16.7. The van der Waals surface area contributed by atoms with Gasteiger partial charge >= 0.3 is 0 Å². The van der Waals surface area contributed by atoms with Crippen molar-refractivity contribution in [2.45, 2.75) is 38.1 Å². The van der Waals surface area contributed by atoms with Crippen molar-refractivity contribution in [1.29, 1.82) is 0 Å². The first-order chi connectivity index (χ1) is 14.1. The van der Waals surface area contributed by atoms with Gasteiger partial charge in [0.1, 0.15) is 0 Å². The van der Waals surface area contributed by atoms with Crippen LogP contribution in [0, 0.1) is 6.92 Å². The molecule has 0 bridgehead atoms. The molecule has 2 N–H and O–H groups in total. The number of aryl methyl sites for hydroxylation is 1. The van der Waals surface area contributed by atoms with Crippen LogP contribution < -0.4 is 5.73 Å². The largest absolute Gasteiger partial charge is 0.335 e. The first kappa shape index (κ1) is 18.1. The highest BCUT2D eigenvalue weighted by atomic mass is 16.2. The molecule has 1 fully saturated rings. The highest BCUT2D eigenvalue weighted by molar-refractivity contribution is 5.94. The van der Waals surface area contributed by atoms with E-state index >= 15 is 0 Å². The summed E-state index contributed by atoms with van der Waals surface area (Å²) in [4.78, 5) is 15.3. The van der Waals surface area contributed by atoms with Crippen LogP contribution in [0.4, 0.5) is 0 Å². The average molecular weight is 386 g/mol. The first-order valence-electron chi connectivity index (χ1n) is 10.4. The maximum Gasteiger partial charge on any atom is 0.274 e. The molecule has 1 aromatic heterocycles. The van der Waals surface area contributed by atoms with Gasteiger partial charge in [-0.1, -0.05) is 48.5 Å². The number of nitrogens with two attached hydrogens (primary N) is 1. The molecule has 2 aliphatic rings. The van der Waals surface area contributed by atoms with Crippen molar-refractivity contribution in [2.24, 2.45) is 5.73 Å². The Morgan fingerprint density at radius 1 is 1.03 bits per heavy atom. The summed E-state index contributed by atoms with van der Waals surface area (Å²) in [6.45, 7) is 3.31. The number of carbonyl (C=O) groups excluding carboxylic acids is 1. The van der Waals surface area contributed by atoms with Crippen molar-refractivity contribution in [3.63, 3.8) is 0 Å². The quantitative estimate of drug-likeness (QED) is 0.752. The normalized spacial score (nSPS) is 20.8. The van der Waals surface area contributed by atoms with Gasteiger partial charge in [-0.15, -0.1) is 0 Å². The van der Waals surface area contributed by atoms with Crippen LogP contribution in [0.2, 0.25) is 0 Å². The Balaban J connectivity index is 1.47. The molecule has 0 saturated carbocycles. The van der Waals surface area contributed by atoms with Crippen molar-refractivity contribution in [2.75, 3.05) is 13.1 Å². The van der Waals surface area contributed by atoms with E-state index in [1.807, 2.05) is 39.9 Å². The Morgan fingerprint density at radius 3 is 2.59 bits per heavy atom. The summed E-state index contributed by atoms with van der Waals surface area (Å²) < 4.78 is 2.00. The summed E-state index contributed by atoms with van der Waals surface area (Å²) in [5.74, 6) is 0.191. The Kier molecular flexibility index (Phi) is 4.47. The van der Waals surface area contributed by atoms with Gasteiger partial charge in [0.2, 0.25) is 0 Å². The third kappa shape index (κ3) is 3.06. The van der Waals surface area contributed by atoms with Crippen LogP contribution in [-0.4, -0.2) is 39.7 Å². The van der Waals surface area contributed by atoms with Gasteiger partial charge in [-0.2, -0.15) is 5.10 Å². The fraction of sp³-hybridized carbons (Fsp3) is 0.333. The minimum absolute atomic E-state index is 0.0179.